The van der Waals surface area contributed by atoms with Gasteiger partial charge in [-0.2, -0.15) is 0 Å². The Labute approximate surface area is 214 Å². The van der Waals surface area contributed by atoms with Gasteiger partial charge in [-0.15, -0.1) is 0 Å². The molecule has 0 spiro atoms. The number of anilines is 1. The van der Waals surface area contributed by atoms with E-state index in [1.54, 1.807) is 49.4 Å². The van der Waals surface area contributed by atoms with Gasteiger partial charge in [0.15, 0.2) is 0 Å². The molecule has 1 fully saturated rings. The van der Waals surface area contributed by atoms with E-state index >= 15 is 0 Å². The Morgan fingerprint density at radius 3 is 2.20 bits per heavy atom. The number of carboxylic acids is 1. The fourth-order valence-electron chi connectivity index (χ4n) is 4.77. The Morgan fingerprint density at radius 1 is 1.09 bits per heavy atom. The summed E-state index contributed by atoms with van der Waals surface area (Å²) in [6.07, 6.45) is 0.610. The zero-order chi connectivity index (χ0) is 25.9. The standard InChI is InChI=1S/C26H30Cl2N2O5/c1-14(31)18-12-16(26(18,2)3)13-22(32)30-21(25(34)35)11-15-7-9-17(10-8-15)29-24(33)23-19(27)5-4-6-20(23)28/h4-10,14,16,18,21,31H,11-13H2,1-3H3,(H,29,33)(H,30,32)(H,34,35)/t14?,16-,18+,21+/m1/s1. The topological polar surface area (TPSA) is 116 Å². The second-order valence-electron chi connectivity index (χ2n) is 9.72. The minimum atomic E-state index is -1.13. The van der Waals surface area contributed by atoms with Crippen molar-refractivity contribution in [1.82, 2.24) is 5.32 Å². The first-order chi connectivity index (χ1) is 16.4. The first-order valence-electron chi connectivity index (χ1n) is 11.4. The number of carbonyl (C=O) groups excluding carboxylic acids is 2. The van der Waals surface area contributed by atoms with Crippen molar-refractivity contribution < 1.29 is 24.6 Å². The van der Waals surface area contributed by atoms with Crippen LogP contribution < -0.4 is 10.6 Å². The van der Waals surface area contributed by atoms with Gasteiger partial charge in [-0.25, -0.2) is 4.79 Å². The summed E-state index contributed by atoms with van der Waals surface area (Å²) in [6, 6.07) is 10.4. The molecular weight excluding hydrogens is 491 g/mol. The molecule has 0 radical (unpaired) electrons. The average molecular weight is 521 g/mol. The Kier molecular flexibility index (Phi) is 8.46. The minimum absolute atomic E-state index is 0.0889. The van der Waals surface area contributed by atoms with Crippen molar-refractivity contribution in [1.29, 1.82) is 0 Å². The molecule has 1 aliphatic carbocycles. The number of nitrogens with one attached hydrogen (secondary N) is 2. The van der Waals surface area contributed by atoms with Crippen LogP contribution in [0.25, 0.3) is 0 Å². The Balaban J connectivity index is 1.58. The van der Waals surface area contributed by atoms with E-state index in [9.17, 15) is 24.6 Å². The number of amides is 2. The Bertz CT molecular complexity index is 1080. The van der Waals surface area contributed by atoms with Crippen LogP contribution in [0.5, 0.6) is 0 Å². The lowest BCUT2D eigenvalue weighted by Crippen LogP contribution is -2.52. The number of aliphatic carboxylic acids is 1. The highest BCUT2D eigenvalue weighted by Gasteiger charge is 2.50. The van der Waals surface area contributed by atoms with Crippen molar-refractivity contribution in [3.8, 4) is 0 Å². The molecule has 2 aromatic carbocycles. The van der Waals surface area contributed by atoms with Gasteiger partial charge in [0.25, 0.3) is 5.91 Å². The first kappa shape index (κ1) is 27.0. The van der Waals surface area contributed by atoms with Crippen molar-refractivity contribution >= 4 is 46.7 Å². The second kappa shape index (κ2) is 11.0. The van der Waals surface area contributed by atoms with Gasteiger partial charge in [-0.05, 0) is 60.4 Å². The third-order valence-electron chi connectivity index (χ3n) is 7.04. The largest absolute Gasteiger partial charge is 0.480 e. The minimum Gasteiger partial charge on any atom is -0.480 e. The summed E-state index contributed by atoms with van der Waals surface area (Å²) in [7, 11) is 0. The molecule has 0 aliphatic heterocycles. The van der Waals surface area contributed by atoms with E-state index in [-0.39, 0.29) is 51.6 Å². The maximum atomic E-state index is 12.6. The van der Waals surface area contributed by atoms with E-state index in [1.807, 2.05) is 13.8 Å². The van der Waals surface area contributed by atoms with Gasteiger partial charge >= 0.3 is 5.97 Å². The summed E-state index contributed by atoms with van der Waals surface area (Å²) < 4.78 is 0. The molecule has 0 aromatic heterocycles. The molecule has 188 valence electrons. The molecule has 0 saturated heterocycles. The third kappa shape index (κ3) is 6.34. The Hall–Kier alpha value is -2.61. The van der Waals surface area contributed by atoms with Crippen LogP contribution in [0.2, 0.25) is 10.0 Å². The predicted molar refractivity (Wildman–Crippen MR) is 136 cm³/mol. The number of rotatable bonds is 9. The quantitative estimate of drug-likeness (QED) is 0.379. The van der Waals surface area contributed by atoms with Crippen molar-refractivity contribution in [2.75, 3.05) is 5.32 Å². The molecule has 7 nitrogen and oxygen atoms in total. The normalized spacial score (nSPS) is 20.3. The summed E-state index contributed by atoms with van der Waals surface area (Å²) in [4.78, 5) is 36.9. The molecule has 35 heavy (non-hydrogen) atoms. The molecule has 1 saturated carbocycles. The van der Waals surface area contributed by atoms with Crippen molar-refractivity contribution in [3.63, 3.8) is 0 Å². The number of halogens is 2. The van der Waals surface area contributed by atoms with Crippen molar-refractivity contribution in [2.24, 2.45) is 17.3 Å². The van der Waals surface area contributed by atoms with Gasteiger partial charge < -0.3 is 20.8 Å². The van der Waals surface area contributed by atoms with Crippen LogP contribution in [0, 0.1) is 17.3 Å². The number of benzene rings is 2. The molecule has 2 aromatic rings. The second-order valence-corrected chi connectivity index (χ2v) is 10.5. The number of carboxylic acid groups (broad SMARTS) is 1. The summed E-state index contributed by atoms with van der Waals surface area (Å²) >= 11 is 12.2. The van der Waals surface area contributed by atoms with E-state index in [1.165, 1.54) is 0 Å². The highest BCUT2D eigenvalue weighted by Crippen LogP contribution is 2.54. The van der Waals surface area contributed by atoms with Gasteiger partial charge in [0.05, 0.1) is 21.7 Å². The van der Waals surface area contributed by atoms with Crippen molar-refractivity contribution in [3.05, 3.63) is 63.6 Å². The maximum absolute atomic E-state index is 12.6. The van der Waals surface area contributed by atoms with Crippen LogP contribution in [0.15, 0.2) is 42.5 Å². The predicted octanol–water partition coefficient (Wildman–Crippen LogP) is 4.79. The highest BCUT2D eigenvalue weighted by molar-refractivity contribution is 6.40. The number of hydrogen-bond donors (Lipinski definition) is 4. The third-order valence-corrected chi connectivity index (χ3v) is 7.67. The number of aliphatic hydroxyl groups is 1. The van der Waals surface area contributed by atoms with E-state index < -0.39 is 24.0 Å². The van der Waals surface area contributed by atoms with Crippen LogP contribution in [0.3, 0.4) is 0 Å². The molecule has 9 heteroatoms. The monoisotopic (exact) mass is 520 g/mol. The molecule has 4 N–H and O–H groups in total. The lowest BCUT2D eigenvalue weighted by molar-refractivity contribution is -0.143. The smallest absolute Gasteiger partial charge is 0.326 e. The van der Waals surface area contributed by atoms with Crippen LogP contribution in [0.1, 0.15) is 49.5 Å². The zero-order valence-corrected chi connectivity index (χ0v) is 21.4. The van der Waals surface area contributed by atoms with Crippen LogP contribution in [0.4, 0.5) is 5.69 Å². The van der Waals surface area contributed by atoms with Crippen LogP contribution in [-0.2, 0) is 16.0 Å². The first-order valence-corrected chi connectivity index (χ1v) is 12.2. The fourth-order valence-corrected chi connectivity index (χ4v) is 5.34. The molecule has 3 rings (SSSR count). The van der Waals surface area contributed by atoms with E-state index in [0.29, 0.717) is 11.3 Å². The molecule has 4 atom stereocenters. The van der Waals surface area contributed by atoms with Gasteiger partial charge in [-0.3, -0.25) is 9.59 Å². The molecular formula is C26H30Cl2N2O5. The van der Waals surface area contributed by atoms with Gasteiger partial charge in [-0.1, -0.05) is 55.2 Å². The zero-order valence-electron chi connectivity index (χ0n) is 19.8. The fraction of sp³-hybridized carbons (Fsp3) is 0.423. The van der Waals surface area contributed by atoms with Crippen LogP contribution >= 0.6 is 23.2 Å². The van der Waals surface area contributed by atoms with Gasteiger partial charge in [0.1, 0.15) is 6.04 Å². The molecule has 1 aliphatic rings. The van der Waals surface area contributed by atoms with Gasteiger partial charge in [0, 0.05) is 18.5 Å². The van der Waals surface area contributed by atoms with E-state index in [4.69, 9.17) is 23.2 Å². The van der Waals surface area contributed by atoms with E-state index in [2.05, 4.69) is 10.6 Å². The SMILES string of the molecule is CC(O)[C@@H]1C[C@H](CC(=O)N[C@@H](Cc2ccc(NC(=O)c3c(Cl)cccc3Cl)cc2)C(=O)O)C1(C)C. The lowest BCUT2D eigenvalue weighted by Gasteiger charge is -2.53. The lowest BCUT2D eigenvalue weighted by atomic mass is 9.52. The van der Waals surface area contributed by atoms with Crippen molar-refractivity contribution in [2.45, 2.75) is 52.2 Å². The summed E-state index contributed by atoms with van der Waals surface area (Å²) in [6.45, 7) is 5.81. The number of hydrogen-bond acceptors (Lipinski definition) is 4. The summed E-state index contributed by atoms with van der Waals surface area (Å²) in [5, 5.41) is 25.3. The summed E-state index contributed by atoms with van der Waals surface area (Å²) in [5.74, 6) is -1.69. The average Bonchev–Trinajstić information content (AvgIpc) is 2.76. The van der Waals surface area contributed by atoms with Crippen LogP contribution in [-0.4, -0.2) is 40.1 Å². The van der Waals surface area contributed by atoms with Gasteiger partial charge in [0.2, 0.25) is 5.91 Å². The molecule has 0 heterocycles. The number of carbonyl (C=O) groups is 3. The van der Waals surface area contributed by atoms with E-state index in [0.717, 1.165) is 6.42 Å². The summed E-state index contributed by atoms with van der Waals surface area (Å²) in [5.41, 5.74) is 1.16. The molecule has 1 unspecified atom stereocenters. The maximum Gasteiger partial charge on any atom is 0.326 e. The number of aliphatic hydroxyl groups excluding tert-OH is 1. The Morgan fingerprint density at radius 2 is 1.69 bits per heavy atom. The molecule has 0 bridgehead atoms. The highest BCUT2D eigenvalue weighted by atomic mass is 35.5. The molecule has 2 amide bonds.